The van der Waals surface area contributed by atoms with Crippen molar-refractivity contribution >= 4 is 27.8 Å². The van der Waals surface area contributed by atoms with Gasteiger partial charge in [-0.15, -0.1) is 0 Å². The molecule has 0 saturated carbocycles. The Labute approximate surface area is 190 Å². The molecule has 2 aromatic carbocycles. The zero-order valence-corrected chi connectivity index (χ0v) is 19.0. The van der Waals surface area contributed by atoms with Crippen LogP contribution >= 0.6 is 11.6 Å². The summed E-state index contributed by atoms with van der Waals surface area (Å²) >= 11 is 5.88. The summed E-state index contributed by atoms with van der Waals surface area (Å²) in [5, 5.41) is 4.98. The van der Waals surface area contributed by atoms with Crippen molar-refractivity contribution in [2.45, 2.75) is 20.0 Å². The molecular weight excluding hydrogens is 457 g/mol. The van der Waals surface area contributed by atoms with E-state index in [-0.39, 0.29) is 35.7 Å². The maximum absolute atomic E-state index is 13.9. The summed E-state index contributed by atoms with van der Waals surface area (Å²) in [5.74, 6) is -0.836. The first kappa shape index (κ1) is 23.6. The lowest BCUT2D eigenvalue weighted by Gasteiger charge is -2.14. The Morgan fingerprint density at radius 2 is 1.91 bits per heavy atom. The number of aromatic nitrogens is 2. The van der Waals surface area contributed by atoms with E-state index in [4.69, 9.17) is 21.5 Å². The number of halogens is 2. The molecule has 10 heteroatoms. The Morgan fingerprint density at radius 3 is 2.53 bits per heavy atom. The van der Waals surface area contributed by atoms with Gasteiger partial charge in [0.2, 0.25) is 5.75 Å². The van der Waals surface area contributed by atoms with Crippen LogP contribution in [0.25, 0.3) is 17.3 Å². The molecule has 0 atom stereocenters. The summed E-state index contributed by atoms with van der Waals surface area (Å²) in [7, 11) is -3.98. The summed E-state index contributed by atoms with van der Waals surface area (Å²) in [4.78, 5) is 12.9. The van der Waals surface area contributed by atoms with E-state index in [1.165, 1.54) is 25.1 Å². The second kappa shape index (κ2) is 9.64. The summed E-state index contributed by atoms with van der Waals surface area (Å²) < 4.78 is 43.5. The van der Waals surface area contributed by atoms with Gasteiger partial charge in [0.15, 0.2) is 0 Å². The van der Waals surface area contributed by atoms with E-state index >= 15 is 0 Å². The van der Waals surface area contributed by atoms with Gasteiger partial charge in [-0.1, -0.05) is 35.9 Å². The third-order valence-electron chi connectivity index (χ3n) is 4.58. The average Bonchev–Trinajstić information content (AvgIpc) is 2.74. The van der Waals surface area contributed by atoms with E-state index in [1.54, 1.807) is 36.4 Å². The fourth-order valence-electron chi connectivity index (χ4n) is 3.01. The van der Waals surface area contributed by atoms with Gasteiger partial charge in [0.25, 0.3) is 0 Å². The molecular formula is C22H21ClFN3O4S. The lowest BCUT2D eigenvalue weighted by Crippen LogP contribution is -2.27. The fourth-order valence-corrected chi connectivity index (χ4v) is 3.64. The zero-order chi connectivity index (χ0) is 23.5. The van der Waals surface area contributed by atoms with E-state index in [1.807, 2.05) is 0 Å². The number of hydrogen-bond acceptors (Lipinski definition) is 6. The lowest BCUT2D eigenvalue weighted by atomic mass is 10.0. The van der Waals surface area contributed by atoms with Gasteiger partial charge in [-0.3, -0.25) is 4.79 Å². The highest BCUT2D eigenvalue weighted by molar-refractivity contribution is 7.86. The molecule has 32 heavy (non-hydrogen) atoms. The first-order valence-corrected chi connectivity index (χ1v) is 11.7. The van der Waals surface area contributed by atoms with Gasteiger partial charge in [0, 0.05) is 28.3 Å². The van der Waals surface area contributed by atoms with Crippen molar-refractivity contribution in [1.82, 2.24) is 9.78 Å². The molecule has 0 aliphatic carbocycles. The average molecular weight is 478 g/mol. The van der Waals surface area contributed by atoms with Gasteiger partial charge in [-0.05, 0) is 42.8 Å². The minimum atomic E-state index is -3.98. The molecule has 0 aliphatic heterocycles. The molecule has 1 aromatic heterocycles. The number of hydrogen-bond donors (Lipinski definition) is 1. The molecule has 0 amide bonds. The normalized spacial score (nSPS) is 11.8. The highest BCUT2D eigenvalue weighted by Gasteiger charge is 2.20. The highest BCUT2D eigenvalue weighted by atomic mass is 35.5. The topological polar surface area (TPSA) is 104 Å². The minimum absolute atomic E-state index is 0.0329. The minimum Gasteiger partial charge on any atom is -0.376 e. The van der Waals surface area contributed by atoms with Crippen LogP contribution in [-0.2, 0) is 23.2 Å². The van der Waals surface area contributed by atoms with Crippen molar-refractivity contribution in [3.8, 4) is 17.0 Å². The molecule has 1 heterocycles. The molecule has 0 bridgehead atoms. The third-order valence-corrected chi connectivity index (χ3v) is 5.30. The van der Waals surface area contributed by atoms with Crippen LogP contribution < -0.4 is 15.5 Å². The van der Waals surface area contributed by atoms with Crippen LogP contribution in [0.3, 0.4) is 0 Å². The fraction of sp³-hybridized carbons (Fsp3) is 0.182. The molecule has 0 unspecified atom stereocenters. The van der Waals surface area contributed by atoms with Crippen LogP contribution in [0.15, 0.2) is 53.3 Å². The molecule has 3 aromatic rings. The van der Waals surface area contributed by atoms with E-state index in [2.05, 4.69) is 5.10 Å². The predicted molar refractivity (Wildman–Crippen MR) is 122 cm³/mol. The van der Waals surface area contributed by atoms with Crippen LogP contribution in [0.4, 0.5) is 4.39 Å². The van der Waals surface area contributed by atoms with Crippen LogP contribution in [0.1, 0.15) is 16.7 Å². The van der Waals surface area contributed by atoms with Crippen molar-refractivity contribution in [1.29, 1.82) is 0 Å². The van der Waals surface area contributed by atoms with Gasteiger partial charge in [-0.25, -0.2) is 9.07 Å². The smallest absolute Gasteiger partial charge is 0.311 e. The maximum atomic E-state index is 13.9. The molecule has 0 spiro atoms. The Morgan fingerprint density at radius 1 is 1.22 bits per heavy atom. The van der Waals surface area contributed by atoms with Crippen molar-refractivity contribution < 1.29 is 17.0 Å². The van der Waals surface area contributed by atoms with Crippen LogP contribution in [0.2, 0.25) is 5.02 Å². The Balaban J connectivity index is 2.10. The zero-order valence-electron chi connectivity index (χ0n) is 17.4. The molecule has 0 saturated heterocycles. The number of rotatable bonds is 7. The second-order valence-corrected chi connectivity index (χ2v) is 9.05. The maximum Gasteiger partial charge on any atom is 0.311 e. The first-order chi connectivity index (χ1) is 15.1. The largest absolute Gasteiger partial charge is 0.376 e. The molecule has 0 aliphatic rings. The summed E-state index contributed by atoms with van der Waals surface area (Å²) in [5.41, 5.74) is 6.96. The van der Waals surface area contributed by atoms with Gasteiger partial charge >= 0.3 is 15.7 Å². The summed E-state index contributed by atoms with van der Waals surface area (Å²) in [6.07, 6.45) is 4.31. The molecule has 0 radical (unpaired) electrons. The van der Waals surface area contributed by atoms with Gasteiger partial charge in [-0.2, -0.15) is 13.5 Å². The van der Waals surface area contributed by atoms with Crippen LogP contribution in [0, 0.1) is 12.7 Å². The SMILES string of the molecule is Cc1c(-c2ccc(F)c(CN)c2)nn(CC=Cc2ccc(Cl)cc2)c(=O)c1OS(C)(=O)=O. The lowest BCUT2D eigenvalue weighted by molar-refractivity contribution is 0.477. The standard InChI is InChI=1S/C22H21ClFN3O4S/c1-14-20(16-7-10-19(24)17(12-16)13-25)26-27(22(28)21(14)31-32(2,29)30)11-3-4-15-5-8-18(23)9-6-15/h3-10,12H,11,13,25H2,1-2H3. The molecule has 3 rings (SSSR count). The van der Waals surface area contributed by atoms with Gasteiger partial charge < -0.3 is 9.92 Å². The van der Waals surface area contributed by atoms with E-state index in [0.29, 0.717) is 10.6 Å². The highest BCUT2D eigenvalue weighted by Crippen LogP contribution is 2.27. The summed E-state index contributed by atoms with van der Waals surface area (Å²) in [6.45, 7) is 1.53. The molecule has 7 nitrogen and oxygen atoms in total. The first-order valence-electron chi connectivity index (χ1n) is 9.51. The number of allylic oxidation sites excluding steroid dienone is 1. The quantitative estimate of drug-likeness (QED) is 0.522. The molecule has 2 N–H and O–H groups in total. The van der Waals surface area contributed by atoms with E-state index in [0.717, 1.165) is 16.5 Å². The van der Waals surface area contributed by atoms with E-state index < -0.39 is 21.5 Å². The van der Waals surface area contributed by atoms with Crippen LogP contribution in [0.5, 0.6) is 5.75 Å². The number of nitrogens with zero attached hydrogens (tertiary/aromatic N) is 2. The Kier molecular flexibility index (Phi) is 7.12. The third kappa shape index (κ3) is 5.61. The van der Waals surface area contributed by atoms with Crippen molar-refractivity contribution in [2.24, 2.45) is 5.73 Å². The van der Waals surface area contributed by atoms with Crippen molar-refractivity contribution in [3.63, 3.8) is 0 Å². The number of benzene rings is 2. The molecule has 168 valence electrons. The van der Waals surface area contributed by atoms with Gasteiger partial charge in [0.1, 0.15) is 5.82 Å². The number of nitrogens with two attached hydrogens (primary N) is 1. The van der Waals surface area contributed by atoms with E-state index in [9.17, 15) is 17.6 Å². The Hall–Kier alpha value is -3.01. The predicted octanol–water partition coefficient (Wildman–Crippen LogP) is 3.52. The van der Waals surface area contributed by atoms with Crippen molar-refractivity contribution in [3.05, 3.63) is 86.4 Å². The van der Waals surface area contributed by atoms with Crippen molar-refractivity contribution in [2.75, 3.05) is 6.26 Å². The second-order valence-electron chi connectivity index (χ2n) is 7.04. The van der Waals surface area contributed by atoms with Gasteiger partial charge in [0.05, 0.1) is 18.5 Å². The monoisotopic (exact) mass is 477 g/mol. The molecule has 0 fully saturated rings. The Bertz CT molecular complexity index is 1340. The summed E-state index contributed by atoms with van der Waals surface area (Å²) in [6, 6.07) is 11.3. The van der Waals surface area contributed by atoms with Crippen LogP contribution in [-0.4, -0.2) is 24.5 Å².